The van der Waals surface area contributed by atoms with Gasteiger partial charge in [0.25, 0.3) is 0 Å². The van der Waals surface area contributed by atoms with Gasteiger partial charge in [-0.2, -0.15) is 0 Å². The van der Waals surface area contributed by atoms with Crippen molar-refractivity contribution in [1.29, 1.82) is 0 Å². The first kappa shape index (κ1) is 18.0. The molecule has 0 spiro atoms. The summed E-state index contributed by atoms with van der Waals surface area (Å²) in [5.41, 5.74) is 0. The topological polar surface area (TPSA) is 47.6 Å². The average molecular weight is 249 g/mol. The fourth-order valence-corrected chi connectivity index (χ4v) is 1.81. The maximum absolute atomic E-state index is 11.0. The Balaban J connectivity index is 0. The Kier molecular flexibility index (Phi) is 14.2. The summed E-state index contributed by atoms with van der Waals surface area (Å²) in [6, 6.07) is 0. The minimum Gasteiger partial charge on any atom is -0.310 e. The summed E-state index contributed by atoms with van der Waals surface area (Å²) in [4.78, 5) is 0. The Morgan fingerprint density at radius 1 is 1.12 bits per heavy atom. The number of nitrogens with one attached hydrogen (secondary N) is 1. The SMILES string of the molecule is C=CCNCC=C.CCOP(C)(=O)OCC. The van der Waals surface area contributed by atoms with E-state index >= 15 is 0 Å². The zero-order valence-corrected chi connectivity index (χ0v) is 11.5. The largest absolute Gasteiger partial charge is 0.327 e. The normalized spacial score (nSPS) is 10.2. The molecule has 0 heterocycles. The molecule has 0 fully saturated rings. The average Bonchev–Trinajstić information content (AvgIpc) is 2.19. The summed E-state index contributed by atoms with van der Waals surface area (Å²) in [6.07, 6.45) is 3.65. The van der Waals surface area contributed by atoms with Crippen LogP contribution < -0.4 is 5.32 Å². The molecule has 0 aromatic rings. The smallest absolute Gasteiger partial charge is 0.310 e. The van der Waals surface area contributed by atoms with E-state index in [9.17, 15) is 4.57 Å². The number of hydrogen-bond donors (Lipinski definition) is 1. The third-order valence-electron chi connectivity index (χ3n) is 1.30. The third-order valence-corrected chi connectivity index (χ3v) is 2.76. The van der Waals surface area contributed by atoms with Gasteiger partial charge in [-0.3, -0.25) is 4.57 Å². The molecule has 5 heteroatoms. The summed E-state index contributed by atoms with van der Waals surface area (Å²) < 4.78 is 20.6. The molecule has 0 atom stereocenters. The lowest BCUT2D eigenvalue weighted by atomic mass is 10.5. The van der Waals surface area contributed by atoms with E-state index in [0.29, 0.717) is 13.2 Å². The van der Waals surface area contributed by atoms with Crippen LogP contribution in [-0.4, -0.2) is 33.0 Å². The number of hydrogen-bond acceptors (Lipinski definition) is 4. The molecular weight excluding hydrogens is 225 g/mol. The summed E-state index contributed by atoms with van der Waals surface area (Å²) in [5, 5.41) is 3.05. The van der Waals surface area contributed by atoms with Crippen molar-refractivity contribution in [2.75, 3.05) is 33.0 Å². The third kappa shape index (κ3) is 16.0. The molecule has 0 aliphatic heterocycles. The lowest BCUT2D eigenvalue weighted by Crippen LogP contribution is -2.11. The second-order valence-electron chi connectivity index (χ2n) is 2.84. The van der Waals surface area contributed by atoms with Gasteiger partial charge in [0.1, 0.15) is 0 Å². The van der Waals surface area contributed by atoms with Crippen molar-refractivity contribution in [1.82, 2.24) is 5.32 Å². The lowest BCUT2D eigenvalue weighted by molar-refractivity contribution is 0.225. The molecule has 16 heavy (non-hydrogen) atoms. The highest BCUT2D eigenvalue weighted by molar-refractivity contribution is 7.52. The second kappa shape index (κ2) is 12.7. The van der Waals surface area contributed by atoms with Crippen LogP contribution in [0.4, 0.5) is 0 Å². The maximum atomic E-state index is 11.0. The van der Waals surface area contributed by atoms with Gasteiger partial charge in [0.2, 0.25) is 0 Å². The minimum atomic E-state index is -2.69. The van der Waals surface area contributed by atoms with Crippen LogP contribution in [0.25, 0.3) is 0 Å². The van der Waals surface area contributed by atoms with E-state index in [1.165, 1.54) is 6.66 Å². The molecule has 0 radical (unpaired) electrons. The molecule has 0 aromatic carbocycles. The summed E-state index contributed by atoms with van der Waals surface area (Å²) in [7, 11) is -2.69. The van der Waals surface area contributed by atoms with Crippen LogP contribution in [0.5, 0.6) is 0 Å². The number of rotatable bonds is 8. The van der Waals surface area contributed by atoms with Crippen molar-refractivity contribution in [3.05, 3.63) is 25.3 Å². The fraction of sp³-hybridized carbons (Fsp3) is 0.636. The zero-order valence-electron chi connectivity index (χ0n) is 10.6. The summed E-state index contributed by atoms with van der Waals surface area (Å²) in [5.74, 6) is 0. The Morgan fingerprint density at radius 3 is 1.75 bits per heavy atom. The molecule has 0 aromatic heterocycles. The van der Waals surface area contributed by atoms with Gasteiger partial charge in [-0.15, -0.1) is 13.2 Å². The zero-order chi connectivity index (χ0) is 12.9. The summed E-state index contributed by atoms with van der Waals surface area (Å²) in [6.45, 7) is 14.7. The van der Waals surface area contributed by atoms with Gasteiger partial charge >= 0.3 is 7.60 Å². The van der Waals surface area contributed by atoms with E-state index in [1.807, 2.05) is 12.2 Å². The van der Waals surface area contributed by atoms with Crippen LogP contribution in [0.3, 0.4) is 0 Å². The molecule has 0 rings (SSSR count). The molecule has 0 aliphatic rings. The van der Waals surface area contributed by atoms with E-state index in [-0.39, 0.29) is 0 Å². The molecular formula is C11H24NO3P. The molecule has 0 saturated carbocycles. The van der Waals surface area contributed by atoms with Crippen molar-refractivity contribution in [2.45, 2.75) is 13.8 Å². The van der Waals surface area contributed by atoms with Crippen molar-refractivity contribution in [2.24, 2.45) is 0 Å². The standard InChI is InChI=1S/C6H11N.C5H13O3P/c1-3-5-7-6-4-2;1-4-7-9(3,6)8-5-2/h3-4,7H,1-2,5-6H2;4-5H2,1-3H3. The van der Waals surface area contributed by atoms with Crippen molar-refractivity contribution in [3.63, 3.8) is 0 Å². The Morgan fingerprint density at radius 2 is 1.50 bits per heavy atom. The van der Waals surface area contributed by atoms with E-state index in [0.717, 1.165) is 13.1 Å². The van der Waals surface area contributed by atoms with Crippen molar-refractivity contribution < 1.29 is 13.6 Å². The van der Waals surface area contributed by atoms with Crippen LogP contribution in [0, 0.1) is 0 Å². The van der Waals surface area contributed by atoms with Crippen LogP contribution in [0.1, 0.15) is 13.8 Å². The highest BCUT2D eigenvalue weighted by atomic mass is 31.2. The van der Waals surface area contributed by atoms with Crippen LogP contribution in [0.15, 0.2) is 25.3 Å². The van der Waals surface area contributed by atoms with Gasteiger partial charge in [-0.25, -0.2) is 0 Å². The predicted molar refractivity (Wildman–Crippen MR) is 70.0 cm³/mol. The van der Waals surface area contributed by atoms with Crippen LogP contribution >= 0.6 is 7.60 Å². The molecule has 96 valence electrons. The molecule has 0 saturated heterocycles. The Hall–Kier alpha value is -0.410. The summed E-state index contributed by atoms with van der Waals surface area (Å²) >= 11 is 0. The van der Waals surface area contributed by atoms with Gasteiger partial charge in [0.05, 0.1) is 13.2 Å². The first-order valence-corrected chi connectivity index (χ1v) is 7.32. The van der Waals surface area contributed by atoms with Gasteiger partial charge in [0.15, 0.2) is 0 Å². The highest BCUT2D eigenvalue weighted by Gasteiger charge is 2.13. The monoisotopic (exact) mass is 249 g/mol. The van der Waals surface area contributed by atoms with Crippen molar-refractivity contribution in [3.8, 4) is 0 Å². The van der Waals surface area contributed by atoms with Gasteiger partial charge in [-0.1, -0.05) is 12.2 Å². The molecule has 1 N–H and O–H groups in total. The van der Waals surface area contributed by atoms with Crippen LogP contribution in [0.2, 0.25) is 0 Å². The second-order valence-corrected chi connectivity index (χ2v) is 4.90. The van der Waals surface area contributed by atoms with Gasteiger partial charge in [0, 0.05) is 19.8 Å². The molecule has 0 amide bonds. The van der Waals surface area contributed by atoms with E-state index < -0.39 is 7.60 Å². The molecule has 4 nitrogen and oxygen atoms in total. The minimum absolute atomic E-state index is 0.438. The van der Waals surface area contributed by atoms with Crippen LogP contribution in [-0.2, 0) is 13.6 Å². The quantitative estimate of drug-likeness (QED) is 0.408. The Labute approximate surface area is 99.3 Å². The molecule has 0 unspecified atom stereocenters. The first-order valence-electron chi connectivity index (χ1n) is 5.33. The molecule has 0 aliphatic carbocycles. The van der Waals surface area contributed by atoms with Gasteiger partial charge in [-0.05, 0) is 13.8 Å². The lowest BCUT2D eigenvalue weighted by Gasteiger charge is -2.10. The maximum Gasteiger partial charge on any atom is 0.327 e. The van der Waals surface area contributed by atoms with E-state index in [4.69, 9.17) is 9.05 Å². The van der Waals surface area contributed by atoms with E-state index in [2.05, 4.69) is 18.5 Å². The first-order chi connectivity index (χ1) is 7.54. The molecule has 0 bridgehead atoms. The van der Waals surface area contributed by atoms with E-state index in [1.54, 1.807) is 13.8 Å². The highest BCUT2D eigenvalue weighted by Crippen LogP contribution is 2.43. The van der Waals surface area contributed by atoms with Crippen molar-refractivity contribution >= 4 is 7.60 Å². The fourth-order valence-electron chi connectivity index (χ4n) is 0.794. The Bertz CT molecular complexity index is 201. The predicted octanol–water partition coefficient (Wildman–Crippen LogP) is 2.83. The van der Waals surface area contributed by atoms with Gasteiger partial charge < -0.3 is 14.4 Å².